The number of carbonyl (C=O) groups is 1. The van der Waals surface area contributed by atoms with Crippen LogP contribution in [0.5, 0.6) is 5.75 Å². The number of nitrogens with zero attached hydrogens (tertiary/aromatic N) is 1. The zero-order valence-electron chi connectivity index (χ0n) is 15.5. The molecule has 2 heterocycles. The monoisotopic (exact) mass is 381 g/mol. The van der Waals surface area contributed by atoms with Gasteiger partial charge in [-0.25, -0.2) is 0 Å². The lowest BCUT2D eigenvalue weighted by atomic mass is 9.78. The molecule has 0 bridgehead atoms. The lowest BCUT2D eigenvalue weighted by Crippen LogP contribution is -2.52. The number of hydrogen-bond donors (Lipinski definition) is 2. The van der Waals surface area contributed by atoms with Crippen molar-refractivity contribution in [2.24, 2.45) is 5.41 Å². The molecule has 7 heteroatoms. The van der Waals surface area contributed by atoms with Crippen molar-refractivity contribution in [2.75, 3.05) is 51.9 Å². The largest absolute Gasteiger partial charge is 0.495 e. The van der Waals surface area contributed by atoms with Crippen LogP contribution < -0.4 is 20.3 Å². The summed E-state index contributed by atoms with van der Waals surface area (Å²) in [5.41, 5.74) is 0.562. The first kappa shape index (κ1) is 19.3. The first-order chi connectivity index (χ1) is 12.6. The maximum atomic E-state index is 13.0. The molecular formula is C19H28ClN3O3. The topological polar surface area (TPSA) is 62.8 Å². The predicted molar refractivity (Wildman–Crippen MR) is 103 cm³/mol. The molecule has 0 aromatic heterocycles. The fourth-order valence-electron chi connectivity index (χ4n) is 3.96. The Kier molecular flexibility index (Phi) is 6.27. The smallest absolute Gasteiger partial charge is 0.228 e. The van der Waals surface area contributed by atoms with Crippen molar-refractivity contribution in [3.05, 3.63) is 23.2 Å². The fraction of sp³-hybridized carbons (Fsp3) is 0.632. The molecule has 2 aliphatic rings. The summed E-state index contributed by atoms with van der Waals surface area (Å²) < 4.78 is 10.8. The third-order valence-corrected chi connectivity index (χ3v) is 5.70. The molecular weight excluding hydrogens is 354 g/mol. The van der Waals surface area contributed by atoms with Gasteiger partial charge in [-0.1, -0.05) is 11.6 Å². The number of halogens is 1. The number of ether oxygens (including phenoxy) is 2. The number of piperidine rings is 1. The van der Waals surface area contributed by atoms with Crippen LogP contribution in [0.25, 0.3) is 0 Å². The average molecular weight is 382 g/mol. The summed E-state index contributed by atoms with van der Waals surface area (Å²) in [6.45, 7) is 3.80. The minimum absolute atomic E-state index is 0.116. The van der Waals surface area contributed by atoms with Crippen LogP contribution in [0.15, 0.2) is 18.2 Å². The van der Waals surface area contributed by atoms with E-state index >= 15 is 0 Å². The highest BCUT2D eigenvalue weighted by Crippen LogP contribution is 2.34. The zero-order chi connectivity index (χ0) is 18.6. The van der Waals surface area contributed by atoms with Crippen LogP contribution in [0.3, 0.4) is 0 Å². The molecule has 2 saturated heterocycles. The number of benzene rings is 1. The van der Waals surface area contributed by atoms with Gasteiger partial charge < -0.3 is 25.0 Å². The SMILES string of the molecule is COCC1(C(=O)NC2CCN(c3cc(Cl)ccc3OC)C2)CCNCC1. The Bertz CT molecular complexity index is 629. The summed E-state index contributed by atoms with van der Waals surface area (Å²) in [7, 11) is 3.33. The van der Waals surface area contributed by atoms with Crippen LogP contribution in [-0.4, -0.2) is 59.0 Å². The molecule has 0 spiro atoms. The molecule has 3 rings (SSSR count). The second-order valence-corrected chi connectivity index (χ2v) is 7.62. The van der Waals surface area contributed by atoms with Crippen LogP contribution in [-0.2, 0) is 9.53 Å². The molecule has 1 amide bonds. The maximum Gasteiger partial charge on any atom is 0.228 e. The van der Waals surface area contributed by atoms with Gasteiger partial charge in [0.2, 0.25) is 5.91 Å². The van der Waals surface area contributed by atoms with Gasteiger partial charge >= 0.3 is 0 Å². The van der Waals surface area contributed by atoms with Crippen molar-refractivity contribution in [1.29, 1.82) is 0 Å². The van der Waals surface area contributed by atoms with Gasteiger partial charge in [-0.15, -0.1) is 0 Å². The van der Waals surface area contributed by atoms with Crippen molar-refractivity contribution < 1.29 is 14.3 Å². The molecule has 2 aliphatic heterocycles. The third kappa shape index (κ3) is 4.08. The summed E-state index contributed by atoms with van der Waals surface area (Å²) in [6.07, 6.45) is 2.53. The third-order valence-electron chi connectivity index (χ3n) is 5.47. The van der Waals surface area contributed by atoms with E-state index < -0.39 is 5.41 Å². The van der Waals surface area contributed by atoms with Crippen LogP contribution >= 0.6 is 11.6 Å². The van der Waals surface area contributed by atoms with Gasteiger partial charge in [0.15, 0.2) is 0 Å². The number of hydrogen-bond acceptors (Lipinski definition) is 5. The van der Waals surface area contributed by atoms with E-state index in [4.69, 9.17) is 21.1 Å². The lowest BCUT2D eigenvalue weighted by Gasteiger charge is -2.36. The summed E-state index contributed by atoms with van der Waals surface area (Å²) in [5.74, 6) is 0.918. The molecule has 1 aromatic carbocycles. The van der Waals surface area contributed by atoms with Gasteiger partial charge in [0.05, 0.1) is 24.8 Å². The molecule has 0 saturated carbocycles. The number of methoxy groups -OCH3 is 2. The van der Waals surface area contributed by atoms with E-state index in [2.05, 4.69) is 15.5 Å². The van der Waals surface area contributed by atoms with Crippen molar-refractivity contribution in [3.63, 3.8) is 0 Å². The standard InChI is InChI=1S/C19H28ClN3O3/c1-25-13-19(6-8-21-9-7-19)18(24)22-15-5-10-23(12-15)16-11-14(20)3-4-17(16)26-2/h3-4,11,15,21H,5-10,12-13H2,1-2H3,(H,22,24). The van der Waals surface area contributed by atoms with E-state index in [0.29, 0.717) is 11.6 Å². The fourth-order valence-corrected chi connectivity index (χ4v) is 4.13. The van der Waals surface area contributed by atoms with Crippen LogP contribution in [0.1, 0.15) is 19.3 Å². The normalized spacial score (nSPS) is 22.3. The van der Waals surface area contributed by atoms with E-state index in [9.17, 15) is 4.79 Å². The van der Waals surface area contributed by atoms with E-state index in [1.165, 1.54) is 0 Å². The number of nitrogens with one attached hydrogen (secondary N) is 2. The van der Waals surface area contributed by atoms with Crippen LogP contribution in [0.4, 0.5) is 5.69 Å². The highest BCUT2D eigenvalue weighted by molar-refractivity contribution is 6.30. The molecule has 6 nitrogen and oxygen atoms in total. The van der Waals surface area contributed by atoms with Gasteiger partial charge in [0.25, 0.3) is 0 Å². The molecule has 2 fully saturated rings. The second kappa shape index (κ2) is 8.46. The molecule has 1 atom stereocenters. The maximum absolute atomic E-state index is 13.0. The Morgan fingerprint density at radius 2 is 2.15 bits per heavy atom. The Hall–Kier alpha value is -1.50. The Morgan fingerprint density at radius 1 is 1.38 bits per heavy atom. The summed E-state index contributed by atoms with van der Waals surface area (Å²) in [4.78, 5) is 15.2. The van der Waals surface area contributed by atoms with Crippen molar-refractivity contribution >= 4 is 23.2 Å². The minimum Gasteiger partial charge on any atom is -0.495 e. The molecule has 0 aliphatic carbocycles. The van der Waals surface area contributed by atoms with E-state index in [1.54, 1.807) is 14.2 Å². The second-order valence-electron chi connectivity index (χ2n) is 7.18. The van der Waals surface area contributed by atoms with Gasteiger partial charge in [-0.3, -0.25) is 4.79 Å². The first-order valence-electron chi connectivity index (χ1n) is 9.17. The van der Waals surface area contributed by atoms with Crippen molar-refractivity contribution in [1.82, 2.24) is 10.6 Å². The molecule has 26 heavy (non-hydrogen) atoms. The summed E-state index contributed by atoms with van der Waals surface area (Å²) in [5, 5.41) is 7.27. The summed E-state index contributed by atoms with van der Waals surface area (Å²) in [6, 6.07) is 5.75. The lowest BCUT2D eigenvalue weighted by molar-refractivity contribution is -0.136. The Morgan fingerprint density at radius 3 is 2.85 bits per heavy atom. The molecule has 1 unspecified atom stereocenters. The van der Waals surface area contributed by atoms with E-state index in [0.717, 1.165) is 56.9 Å². The van der Waals surface area contributed by atoms with Gasteiger partial charge in [0, 0.05) is 31.3 Å². The average Bonchev–Trinajstić information content (AvgIpc) is 3.11. The first-order valence-corrected chi connectivity index (χ1v) is 9.55. The highest BCUT2D eigenvalue weighted by Gasteiger charge is 2.41. The number of amides is 1. The highest BCUT2D eigenvalue weighted by atomic mass is 35.5. The zero-order valence-corrected chi connectivity index (χ0v) is 16.3. The molecule has 0 radical (unpaired) electrons. The van der Waals surface area contributed by atoms with Crippen molar-refractivity contribution in [3.8, 4) is 5.75 Å². The predicted octanol–water partition coefficient (Wildman–Crippen LogP) is 2.06. The van der Waals surface area contributed by atoms with E-state index in [-0.39, 0.29) is 11.9 Å². The number of rotatable bonds is 6. The van der Waals surface area contributed by atoms with Crippen LogP contribution in [0, 0.1) is 5.41 Å². The molecule has 2 N–H and O–H groups in total. The molecule has 1 aromatic rings. The minimum atomic E-state index is -0.416. The number of anilines is 1. The Labute approximate surface area is 160 Å². The Balaban J connectivity index is 1.65. The quantitative estimate of drug-likeness (QED) is 0.789. The van der Waals surface area contributed by atoms with Gasteiger partial charge in [0.1, 0.15) is 5.75 Å². The number of carbonyl (C=O) groups excluding carboxylic acids is 1. The summed E-state index contributed by atoms with van der Waals surface area (Å²) >= 11 is 6.16. The van der Waals surface area contributed by atoms with Crippen molar-refractivity contribution in [2.45, 2.75) is 25.3 Å². The van der Waals surface area contributed by atoms with Gasteiger partial charge in [-0.05, 0) is 50.6 Å². The molecule has 144 valence electrons. The van der Waals surface area contributed by atoms with Crippen LogP contribution in [0.2, 0.25) is 5.02 Å². The van der Waals surface area contributed by atoms with Gasteiger partial charge in [-0.2, -0.15) is 0 Å². The van der Waals surface area contributed by atoms with E-state index in [1.807, 2.05) is 18.2 Å².